The van der Waals surface area contributed by atoms with E-state index in [9.17, 15) is 9.59 Å². The molecule has 2 heterocycles. The molecule has 4 heteroatoms. The predicted molar refractivity (Wildman–Crippen MR) is 78.2 cm³/mol. The van der Waals surface area contributed by atoms with Gasteiger partial charge in [0.15, 0.2) is 0 Å². The smallest absolute Gasteiger partial charge is 0.256 e. The molecule has 0 saturated heterocycles. The van der Waals surface area contributed by atoms with Gasteiger partial charge in [0, 0.05) is 29.6 Å². The Labute approximate surface area is 116 Å². The second-order valence-corrected chi connectivity index (χ2v) is 4.79. The minimum absolute atomic E-state index is 0.115. The van der Waals surface area contributed by atoms with Gasteiger partial charge in [0.05, 0.1) is 5.57 Å². The number of H-pyrrole nitrogens is 1. The zero-order valence-electron chi connectivity index (χ0n) is 11.1. The molecule has 0 spiro atoms. The van der Waals surface area contributed by atoms with Crippen molar-refractivity contribution < 1.29 is 9.59 Å². The van der Waals surface area contributed by atoms with Crippen LogP contribution in [0.25, 0.3) is 11.6 Å². The summed E-state index contributed by atoms with van der Waals surface area (Å²) in [7, 11) is 0. The number of hydrogen-bond acceptors (Lipinski definition) is 2. The first kappa shape index (κ1) is 12.4. The van der Waals surface area contributed by atoms with Crippen molar-refractivity contribution >= 4 is 29.5 Å². The van der Waals surface area contributed by atoms with Crippen LogP contribution >= 0.6 is 0 Å². The summed E-state index contributed by atoms with van der Waals surface area (Å²) in [5, 5.41) is 2.84. The summed E-state index contributed by atoms with van der Waals surface area (Å²) in [4.78, 5) is 25.9. The minimum atomic E-state index is -0.115. The van der Waals surface area contributed by atoms with Crippen LogP contribution in [0.3, 0.4) is 0 Å². The van der Waals surface area contributed by atoms with Crippen molar-refractivity contribution in [1.29, 1.82) is 0 Å². The molecular weight excluding hydrogens is 252 g/mol. The summed E-state index contributed by atoms with van der Waals surface area (Å²) in [6, 6.07) is 7.58. The monoisotopic (exact) mass is 266 g/mol. The molecule has 4 nitrogen and oxygen atoms in total. The van der Waals surface area contributed by atoms with Crippen LogP contribution in [-0.2, 0) is 16.0 Å². The highest BCUT2D eigenvalue weighted by molar-refractivity contribution is 6.34. The molecule has 0 unspecified atom stereocenters. The van der Waals surface area contributed by atoms with Gasteiger partial charge in [-0.25, -0.2) is 0 Å². The number of aryl methyl sites for hydroxylation is 1. The molecule has 0 fully saturated rings. The zero-order valence-corrected chi connectivity index (χ0v) is 11.1. The molecule has 2 N–H and O–H groups in total. The Morgan fingerprint density at radius 1 is 1.25 bits per heavy atom. The summed E-state index contributed by atoms with van der Waals surface area (Å²) in [6.45, 7) is 1.94. The molecule has 0 radical (unpaired) electrons. The molecular formula is C16H14N2O2. The minimum Gasteiger partial charge on any atom is -0.361 e. The number of para-hydroxylation sites is 1. The maximum absolute atomic E-state index is 12.0. The van der Waals surface area contributed by atoms with Crippen molar-refractivity contribution in [2.45, 2.75) is 13.3 Å². The average molecular weight is 266 g/mol. The van der Waals surface area contributed by atoms with Crippen LogP contribution < -0.4 is 5.32 Å². The van der Waals surface area contributed by atoms with Gasteiger partial charge in [-0.2, -0.15) is 0 Å². The third-order valence-corrected chi connectivity index (χ3v) is 3.53. The number of aldehydes is 1. The highest BCUT2D eigenvalue weighted by Gasteiger charge is 2.23. The second-order valence-electron chi connectivity index (χ2n) is 4.79. The van der Waals surface area contributed by atoms with Crippen molar-refractivity contribution in [2.24, 2.45) is 0 Å². The number of hydrogen-bond donors (Lipinski definition) is 2. The first-order valence-corrected chi connectivity index (χ1v) is 6.43. The largest absolute Gasteiger partial charge is 0.361 e. The lowest BCUT2D eigenvalue weighted by atomic mass is 10.0. The van der Waals surface area contributed by atoms with E-state index in [4.69, 9.17) is 0 Å². The van der Waals surface area contributed by atoms with E-state index in [2.05, 4.69) is 10.3 Å². The Morgan fingerprint density at radius 2 is 2.05 bits per heavy atom. The quantitative estimate of drug-likeness (QED) is 0.662. The van der Waals surface area contributed by atoms with E-state index < -0.39 is 0 Å². The number of aromatic amines is 1. The normalized spacial score (nSPS) is 15.2. The van der Waals surface area contributed by atoms with Gasteiger partial charge in [-0.1, -0.05) is 18.2 Å². The molecule has 1 aromatic carbocycles. The highest BCUT2D eigenvalue weighted by Crippen LogP contribution is 2.33. The Morgan fingerprint density at radius 3 is 2.85 bits per heavy atom. The van der Waals surface area contributed by atoms with E-state index in [0.29, 0.717) is 12.0 Å². The van der Waals surface area contributed by atoms with Crippen molar-refractivity contribution in [3.8, 4) is 0 Å². The van der Waals surface area contributed by atoms with Crippen molar-refractivity contribution in [3.05, 3.63) is 52.8 Å². The summed E-state index contributed by atoms with van der Waals surface area (Å²) in [5.41, 5.74) is 5.11. The molecule has 1 aromatic heterocycles. The molecule has 100 valence electrons. The number of amides is 1. The van der Waals surface area contributed by atoms with E-state index in [1.165, 1.54) is 0 Å². The van der Waals surface area contributed by atoms with Gasteiger partial charge in [0.1, 0.15) is 6.29 Å². The number of carbonyl (C=O) groups excluding carboxylic acids is 2. The molecule has 0 saturated carbocycles. The maximum atomic E-state index is 12.0. The summed E-state index contributed by atoms with van der Waals surface area (Å²) in [6.07, 6.45) is 4.88. The van der Waals surface area contributed by atoms with Gasteiger partial charge in [-0.15, -0.1) is 0 Å². The molecule has 3 rings (SSSR count). The van der Waals surface area contributed by atoms with Crippen LogP contribution in [0, 0.1) is 6.92 Å². The van der Waals surface area contributed by atoms with E-state index in [-0.39, 0.29) is 5.91 Å². The first-order valence-electron chi connectivity index (χ1n) is 6.43. The highest BCUT2D eigenvalue weighted by atomic mass is 16.2. The lowest BCUT2D eigenvalue weighted by molar-refractivity contribution is -0.110. The lowest BCUT2D eigenvalue weighted by Gasteiger charge is -2.00. The molecule has 0 atom stereocenters. The molecule has 1 aliphatic heterocycles. The second kappa shape index (κ2) is 4.81. The fourth-order valence-corrected chi connectivity index (χ4v) is 2.48. The third-order valence-electron chi connectivity index (χ3n) is 3.53. The van der Waals surface area contributed by atoms with E-state index >= 15 is 0 Å². The fraction of sp³-hybridized carbons (Fsp3) is 0.125. The van der Waals surface area contributed by atoms with Crippen LogP contribution in [0.4, 0.5) is 5.69 Å². The molecule has 1 amide bonds. The van der Waals surface area contributed by atoms with Gasteiger partial charge in [0.2, 0.25) is 0 Å². The van der Waals surface area contributed by atoms with Crippen molar-refractivity contribution in [3.63, 3.8) is 0 Å². The van der Waals surface area contributed by atoms with E-state index in [1.807, 2.05) is 43.5 Å². The summed E-state index contributed by atoms with van der Waals surface area (Å²) in [5.74, 6) is -0.115. The number of aromatic nitrogens is 1. The standard InChI is InChI=1S/C16H14N2O2/c1-10-9-17-15(11(10)6-7-19)8-13-12-4-2-3-5-14(12)18-16(13)20/h2-5,7-9,17H,6H2,1H3,(H,18,20). The number of benzene rings is 1. The Kier molecular flexibility index (Phi) is 2.99. The number of anilines is 1. The van der Waals surface area contributed by atoms with Gasteiger partial charge in [-0.05, 0) is 30.2 Å². The van der Waals surface area contributed by atoms with Crippen LogP contribution in [0.2, 0.25) is 0 Å². The molecule has 2 aromatic rings. The number of rotatable bonds is 3. The Balaban J connectivity index is 2.09. The zero-order chi connectivity index (χ0) is 14.1. The number of fused-ring (bicyclic) bond motifs is 1. The lowest BCUT2D eigenvalue weighted by Crippen LogP contribution is -2.03. The van der Waals surface area contributed by atoms with Crippen molar-refractivity contribution in [2.75, 3.05) is 5.32 Å². The molecule has 0 aliphatic carbocycles. The number of carbonyl (C=O) groups is 2. The van der Waals surface area contributed by atoms with Gasteiger partial charge in [0.25, 0.3) is 5.91 Å². The maximum Gasteiger partial charge on any atom is 0.256 e. The molecule has 1 aliphatic rings. The number of nitrogens with one attached hydrogen (secondary N) is 2. The topological polar surface area (TPSA) is 62.0 Å². The fourth-order valence-electron chi connectivity index (χ4n) is 2.48. The van der Waals surface area contributed by atoms with Crippen LogP contribution in [0.5, 0.6) is 0 Å². The summed E-state index contributed by atoms with van der Waals surface area (Å²) < 4.78 is 0. The molecule has 20 heavy (non-hydrogen) atoms. The Hall–Kier alpha value is -2.62. The molecule has 0 bridgehead atoms. The predicted octanol–water partition coefficient (Wildman–Crippen LogP) is 2.56. The van der Waals surface area contributed by atoms with Crippen LogP contribution in [-0.4, -0.2) is 17.2 Å². The van der Waals surface area contributed by atoms with Crippen molar-refractivity contribution in [1.82, 2.24) is 4.98 Å². The van der Waals surface area contributed by atoms with Gasteiger partial charge < -0.3 is 15.1 Å². The average Bonchev–Trinajstić information content (AvgIpc) is 2.94. The van der Waals surface area contributed by atoms with Crippen LogP contribution in [0.1, 0.15) is 22.4 Å². The third kappa shape index (κ3) is 1.95. The van der Waals surface area contributed by atoms with Crippen LogP contribution in [0.15, 0.2) is 30.5 Å². The summed E-state index contributed by atoms with van der Waals surface area (Å²) >= 11 is 0. The van der Waals surface area contributed by atoms with E-state index in [1.54, 1.807) is 0 Å². The van der Waals surface area contributed by atoms with Gasteiger partial charge in [-0.3, -0.25) is 4.79 Å². The first-order chi connectivity index (χ1) is 9.70. The SMILES string of the molecule is Cc1c[nH]c(C=C2C(=O)Nc3ccccc32)c1CC=O. The van der Waals surface area contributed by atoms with E-state index in [0.717, 1.165) is 34.4 Å². The Bertz CT molecular complexity index is 726. The van der Waals surface area contributed by atoms with Gasteiger partial charge >= 0.3 is 0 Å².